The van der Waals surface area contributed by atoms with Crippen molar-refractivity contribution >= 4 is 5.91 Å². The van der Waals surface area contributed by atoms with E-state index in [0.717, 1.165) is 29.2 Å². The lowest BCUT2D eigenvalue weighted by Gasteiger charge is -2.09. The molecule has 3 rings (SSSR count). The molecule has 2 aromatic rings. The zero-order chi connectivity index (χ0) is 15.9. The van der Waals surface area contributed by atoms with Crippen LogP contribution in [0.2, 0.25) is 0 Å². The van der Waals surface area contributed by atoms with Gasteiger partial charge >= 0.3 is 0 Å². The zero-order valence-corrected chi connectivity index (χ0v) is 13.4. The van der Waals surface area contributed by atoms with Crippen LogP contribution in [-0.2, 0) is 11.3 Å². The summed E-state index contributed by atoms with van der Waals surface area (Å²) in [7, 11) is 0. The number of hydrogen-bond donors (Lipinski definition) is 1. The van der Waals surface area contributed by atoms with Gasteiger partial charge in [0.2, 0.25) is 5.91 Å². The molecule has 1 aliphatic rings. The van der Waals surface area contributed by atoms with Gasteiger partial charge in [-0.1, -0.05) is 31.7 Å². The summed E-state index contributed by atoms with van der Waals surface area (Å²) in [6.45, 7) is 0.545. The highest BCUT2D eigenvalue weighted by molar-refractivity contribution is 5.75. The Labute approximate surface area is 137 Å². The van der Waals surface area contributed by atoms with E-state index in [-0.39, 0.29) is 5.91 Å². The molecule has 1 amide bonds. The summed E-state index contributed by atoms with van der Waals surface area (Å²) in [5.74, 6) is 0.911. The number of hydrogen-bond acceptors (Lipinski definition) is 3. The summed E-state index contributed by atoms with van der Waals surface area (Å²) in [5.41, 5.74) is 2.92. The molecule has 4 nitrogen and oxygen atoms in total. The molecule has 0 saturated heterocycles. The first kappa shape index (κ1) is 15.7. The molecule has 1 fully saturated rings. The fourth-order valence-electron chi connectivity index (χ4n) is 3.14. The number of pyridine rings is 2. The van der Waals surface area contributed by atoms with Crippen LogP contribution in [0.4, 0.5) is 0 Å². The van der Waals surface area contributed by atoms with Crippen molar-refractivity contribution in [2.45, 2.75) is 45.1 Å². The molecule has 23 heavy (non-hydrogen) atoms. The molecule has 1 saturated carbocycles. The molecule has 1 N–H and O–H groups in total. The summed E-state index contributed by atoms with van der Waals surface area (Å²) in [6.07, 6.45) is 12.3. The predicted molar refractivity (Wildman–Crippen MR) is 90.5 cm³/mol. The van der Waals surface area contributed by atoms with Crippen LogP contribution in [-0.4, -0.2) is 15.9 Å². The van der Waals surface area contributed by atoms with Crippen LogP contribution in [0.15, 0.2) is 42.9 Å². The average molecular weight is 309 g/mol. The van der Waals surface area contributed by atoms with Crippen LogP contribution in [0.5, 0.6) is 0 Å². The molecular weight excluding hydrogens is 286 g/mol. The Morgan fingerprint density at radius 3 is 2.74 bits per heavy atom. The number of rotatable bonds is 6. The van der Waals surface area contributed by atoms with Crippen molar-refractivity contribution in [3.05, 3.63) is 48.4 Å². The Bertz CT molecular complexity index is 619. The van der Waals surface area contributed by atoms with E-state index in [2.05, 4.69) is 15.3 Å². The largest absolute Gasteiger partial charge is 0.352 e. The Balaban J connectivity index is 1.45. The van der Waals surface area contributed by atoms with Gasteiger partial charge in [-0.2, -0.15) is 0 Å². The second-order valence-electron chi connectivity index (χ2n) is 6.26. The van der Waals surface area contributed by atoms with Crippen LogP contribution in [0.1, 0.15) is 44.1 Å². The van der Waals surface area contributed by atoms with Gasteiger partial charge in [0.1, 0.15) is 0 Å². The number of amides is 1. The van der Waals surface area contributed by atoms with E-state index in [4.69, 9.17) is 0 Å². The quantitative estimate of drug-likeness (QED) is 0.884. The molecule has 0 aromatic carbocycles. The fourth-order valence-corrected chi connectivity index (χ4v) is 3.14. The minimum Gasteiger partial charge on any atom is -0.352 e. The van der Waals surface area contributed by atoms with Gasteiger partial charge in [0.15, 0.2) is 0 Å². The Morgan fingerprint density at radius 1 is 1.17 bits per heavy atom. The highest BCUT2D eigenvalue weighted by Crippen LogP contribution is 2.28. The van der Waals surface area contributed by atoms with E-state index in [1.54, 1.807) is 12.4 Å². The number of aromatic nitrogens is 2. The van der Waals surface area contributed by atoms with Gasteiger partial charge in [0.05, 0.1) is 5.69 Å². The normalized spacial score (nSPS) is 14.8. The first-order valence-electron chi connectivity index (χ1n) is 8.43. The van der Waals surface area contributed by atoms with Crippen LogP contribution in [0.25, 0.3) is 11.3 Å². The van der Waals surface area contributed by atoms with Crippen LogP contribution in [0.3, 0.4) is 0 Å². The maximum Gasteiger partial charge on any atom is 0.220 e. The summed E-state index contributed by atoms with van der Waals surface area (Å²) < 4.78 is 0. The topological polar surface area (TPSA) is 54.9 Å². The molecule has 0 spiro atoms. The number of nitrogens with zero attached hydrogens (tertiary/aromatic N) is 2. The maximum atomic E-state index is 11.9. The second-order valence-corrected chi connectivity index (χ2v) is 6.26. The van der Waals surface area contributed by atoms with Crippen LogP contribution < -0.4 is 5.32 Å². The van der Waals surface area contributed by atoms with Gasteiger partial charge in [-0.05, 0) is 36.1 Å². The highest BCUT2D eigenvalue weighted by atomic mass is 16.1. The third-order valence-corrected chi connectivity index (χ3v) is 4.53. The molecule has 2 aromatic heterocycles. The molecule has 0 atom stereocenters. The van der Waals surface area contributed by atoms with Gasteiger partial charge in [0.25, 0.3) is 0 Å². The molecular formula is C19H23N3O. The van der Waals surface area contributed by atoms with Crippen molar-refractivity contribution in [1.29, 1.82) is 0 Å². The smallest absolute Gasteiger partial charge is 0.220 e. The molecule has 0 radical (unpaired) electrons. The monoisotopic (exact) mass is 309 g/mol. The summed E-state index contributed by atoms with van der Waals surface area (Å²) in [6, 6.07) is 7.86. The Kier molecular flexibility index (Phi) is 5.35. The van der Waals surface area contributed by atoms with Gasteiger partial charge in [0, 0.05) is 37.1 Å². The summed E-state index contributed by atoms with van der Waals surface area (Å²) in [4.78, 5) is 20.5. The molecule has 120 valence electrons. The third-order valence-electron chi connectivity index (χ3n) is 4.53. The van der Waals surface area contributed by atoms with Crippen molar-refractivity contribution < 1.29 is 4.79 Å². The minimum atomic E-state index is 0.147. The van der Waals surface area contributed by atoms with Gasteiger partial charge in [-0.25, -0.2) is 0 Å². The first-order valence-corrected chi connectivity index (χ1v) is 8.43. The molecule has 4 heteroatoms. The predicted octanol–water partition coefficient (Wildman–Crippen LogP) is 3.73. The van der Waals surface area contributed by atoms with Crippen molar-refractivity contribution in [1.82, 2.24) is 15.3 Å². The lowest BCUT2D eigenvalue weighted by molar-refractivity contribution is -0.121. The Morgan fingerprint density at radius 2 is 2.04 bits per heavy atom. The highest BCUT2D eigenvalue weighted by Gasteiger charge is 2.15. The molecule has 0 aliphatic heterocycles. The van der Waals surface area contributed by atoms with E-state index in [1.165, 1.54) is 25.7 Å². The van der Waals surface area contributed by atoms with E-state index in [0.29, 0.717) is 13.0 Å². The van der Waals surface area contributed by atoms with Crippen molar-refractivity contribution in [2.75, 3.05) is 0 Å². The molecule has 2 heterocycles. The second kappa shape index (κ2) is 7.86. The first-order chi connectivity index (χ1) is 11.3. The van der Waals surface area contributed by atoms with Gasteiger partial charge in [-0.15, -0.1) is 0 Å². The van der Waals surface area contributed by atoms with E-state index >= 15 is 0 Å². The van der Waals surface area contributed by atoms with Crippen molar-refractivity contribution in [2.24, 2.45) is 5.92 Å². The number of nitrogens with one attached hydrogen (secondary N) is 1. The summed E-state index contributed by atoms with van der Waals surface area (Å²) in [5, 5.41) is 2.99. The minimum absolute atomic E-state index is 0.147. The SMILES string of the molecule is O=C(CCC1CCCC1)NCc1ccc(-c2cccnc2)nc1. The van der Waals surface area contributed by atoms with Crippen LogP contribution in [0, 0.1) is 5.92 Å². The third kappa shape index (κ3) is 4.62. The van der Waals surface area contributed by atoms with E-state index in [9.17, 15) is 4.79 Å². The van der Waals surface area contributed by atoms with Crippen molar-refractivity contribution in [3.8, 4) is 11.3 Å². The fraction of sp³-hybridized carbons (Fsp3) is 0.421. The number of carbonyl (C=O) groups is 1. The molecule has 1 aliphatic carbocycles. The summed E-state index contributed by atoms with van der Waals surface area (Å²) >= 11 is 0. The van der Waals surface area contributed by atoms with Gasteiger partial charge < -0.3 is 5.32 Å². The van der Waals surface area contributed by atoms with E-state index in [1.807, 2.05) is 30.5 Å². The molecule has 0 bridgehead atoms. The lowest BCUT2D eigenvalue weighted by atomic mass is 10.0. The molecule has 0 unspecified atom stereocenters. The van der Waals surface area contributed by atoms with E-state index < -0.39 is 0 Å². The van der Waals surface area contributed by atoms with Crippen LogP contribution >= 0.6 is 0 Å². The zero-order valence-electron chi connectivity index (χ0n) is 13.4. The average Bonchev–Trinajstić information content (AvgIpc) is 3.13. The Hall–Kier alpha value is -2.23. The maximum absolute atomic E-state index is 11.9. The van der Waals surface area contributed by atoms with Crippen molar-refractivity contribution in [3.63, 3.8) is 0 Å². The number of carbonyl (C=O) groups excluding carboxylic acids is 1. The standard InChI is InChI=1S/C19H23N3O/c23-19(10-8-15-4-1-2-5-15)22-13-16-7-9-18(21-12-16)17-6-3-11-20-14-17/h3,6-7,9,11-12,14-15H,1-2,4-5,8,10,13H2,(H,22,23). The lowest BCUT2D eigenvalue weighted by Crippen LogP contribution is -2.23. The van der Waals surface area contributed by atoms with Gasteiger partial charge in [-0.3, -0.25) is 14.8 Å².